The zero-order chi connectivity index (χ0) is 5.28. The Hall–Kier alpha value is -0.120. The highest BCUT2D eigenvalue weighted by Gasteiger charge is 1.98. The van der Waals surface area contributed by atoms with Crippen molar-refractivity contribution >= 4 is 28.4 Å². The zero-order valence-corrected chi connectivity index (χ0v) is 5.68. The van der Waals surface area contributed by atoms with Crippen LogP contribution in [0.4, 0.5) is 0 Å². The minimum absolute atomic E-state index is 0.101. The molecule has 0 bridgehead atoms. The summed E-state index contributed by atoms with van der Waals surface area (Å²) in [7, 11) is 0. The fourth-order valence-electron chi connectivity index (χ4n) is 0.394. The molecule has 0 aromatic rings. The van der Waals surface area contributed by atoms with Gasteiger partial charge in [-0.05, 0) is 40.8 Å². The van der Waals surface area contributed by atoms with Crippen molar-refractivity contribution in [2.24, 2.45) is 0 Å². The molecular weight excluding hydrogens is 203 g/mol. The van der Waals surface area contributed by atoms with E-state index in [-0.39, 0.29) is 5.78 Å². The van der Waals surface area contributed by atoms with Gasteiger partial charge in [0.2, 0.25) is 0 Å². The number of allylic oxidation sites excluding steroid dienone is 4. The molecule has 0 spiro atoms. The number of hydrogen-bond donors (Lipinski definition) is 0. The third-order valence-electron chi connectivity index (χ3n) is 0.687. The topological polar surface area (TPSA) is 17.1 Å². The molecule has 0 amide bonds. The van der Waals surface area contributed by atoms with Gasteiger partial charge >= 0.3 is 0 Å². The molecule has 0 fully saturated rings. The fourth-order valence-corrected chi connectivity index (χ4v) is 0.881. The maximum Gasteiger partial charge on any atom is 0.179 e. The molecule has 1 aliphatic rings. The minimum Gasteiger partial charge on any atom is -0.290 e. The van der Waals surface area contributed by atoms with Crippen LogP contribution in [0.2, 0.25) is 0 Å². The van der Waals surface area contributed by atoms with E-state index in [0.29, 0.717) is 0 Å². The van der Waals surface area contributed by atoms with Gasteiger partial charge in [0.05, 0.1) is 0 Å². The van der Waals surface area contributed by atoms with Crippen LogP contribution >= 0.6 is 22.6 Å². The summed E-state index contributed by atoms with van der Waals surface area (Å²) in [5.74, 6) is 0.101. The van der Waals surface area contributed by atoms with Gasteiger partial charge in [0.15, 0.2) is 5.78 Å². The van der Waals surface area contributed by atoms with Crippen molar-refractivity contribution in [2.75, 3.05) is 0 Å². The first kappa shape index (κ1) is 5.03. The van der Waals surface area contributed by atoms with Crippen LogP contribution in [-0.2, 0) is 4.79 Å². The molecule has 0 saturated heterocycles. The second-order valence-corrected chi connectivity index (χ2v) is 2.51. The molecule has 7 heavy (non-hydrogen) atoms. The van der Waals surface area contributed by atoms with E-state index >= 15 is 0 Å². The number of ketones is 1. The molecule has 1 aliphatic carbocycles. The van der Waals surface area contributed by atoms with E-state index in [0.717, 1.165) is 3.58 Å². The van der Waals surface area contributed by atoms with Gasteiger partial charge < -0.3 is 0 Å². The molecule has 0 N–H and O–H groups in total. The van der Waals surface area contributed by atoms with E-state index in [2.05, 4.69) is 22.6 Å². The average molecular weight is 206 g/mol. The summed E-state index contributed by atoms with van der Waals surface area (Å²) in [6.45, 7) is 0. The van der Waals surface area contributed by atoms with E-state index in [9.17, 15) is 4.79 Å². The van der Waals surface area contributed by atoms with Crippen LogP contribution in [0.15, 0.2) is 21.8 Å². The number of hydrogen-bond acceptors (Lipinski definition) is 1. The first-order chi connectivity index (χ1) is 3.29. The van der Waals surface area contributed by atoms with E-state index in [4.69, 9.17) is 0 Å². The number of carbonyl (C=O) groups excluding carboxylic acids is 1. The summed E-state index contributed by atoms with van der Waals surface area (Å²) < 4.78 is 1.02. The molecule has 1 nitrogen and oxygen atoms in total. The first-order valence-corrected chi connectivity index (χ1v) is 2.96. The molecule has 0 aliphatic heterocycles. The Balaban J connectivity index is 2.88. The summed E-state index contributed by atoms with van der Waals surface area (Å²) in [4.78, 5) is 10.3. The Morgan fingerprint density at radius 3 is 2.29 bits per heavy atom. The highest BCUT2D eigenvalue weighted by molar-refractivity contribution is 14.1. The third-order valence-corrected chi connectivity index (χ3v) is 1.36. The van der Waals surface area contributed by atoms with Crippen molar-refractivity contribution in [3.8, 4) is 0 Å². The zero-order valence-electron chi connectivity index (χ0n) is 3.52. The van der Waals surface area contributed by atoms with E-state index in [1.165, 1.54) is 0 Å². The van der Waals surface area contributed by atoms with Gasteiger partial charge in [-0.2, -0.15) is 0 Å². The van der Waals surface area contributed by atoms with Crippen molar-refractivity contribution in [1.82, 2.24) is 0 Å². The summed E-state index contributed by atoms with van der Waals surface area (Å²) in [5.41, 5.74) is 0. The maximum absolute atomic E-state index is 10.3. The molecule has 0 aromatic carbocycles. The van der Waals surface area contributed by atoms with Crippen LogP contribution in [0.1, 0.15) is 0 Å². The second-order valence-electron chi connectivity index (χ2n) is 1.26. The third kappa shape index (κ3) is 1.12. The molecule has 0 aromatic heterocycles. The van der Waals surface area contributed by atoms with Crippen molar-refractivity contribution in [3.63, 3.8) is 0 Å². The van der Waals surface area contributed by atoms with Gasteiger partial charge in [-0.1, -0.05) is 0 Å². The molecule has 36 valence electrons. The van der Waals surface area contributed by atoms with Crippen molar-refractivity contribution in [2.45, 2.75) is 0 Å². The van der Waals surface area contributed by atoms with Gasteiger partial charge in [0, 0.05) is 3.58 Å². The van der Waals surface area contributed by atoms with Gasteiger partial charge in [0.25, 0.3) is 0 Å². The predicted octanol–water partition coefficient (Wildman–Crippen LogP) is 1.44. The normalized spacial score (nSPS) is 17.9. The quantitative estimate of drug-likeness (QED) is 0.548. The van der Waals surface area contributed by atoms with Crippen LogP contribution in [0.3, 0.4) is 0 Å². The Bertz CT molecular complexity index is 155. The molecular formula is C5H3IO. The lowest BCUT2D eigenvalue weighted by Gasteiger charge is -1.69. The van der Waals surface area contributed by atoms with Crippen LogP contribution in [-0.4, -0.2) is 5.78 Å². The Kier molecular flexibility index (Phi) is 1.27. The highest BCUT2D eigenvalue weighted by atomic mass is 127. The average Bonchev–Trinajstić information content (AvgIpc) is 1.87. The minimum atomic E-state index is 0.101. The first-order valence-electron chi connectivity index (χ1n) is 1.88. The van der Waals surface area contributed by atoms with Gasteiger partial charge in [-0.25, -0.2) is 0 Å². The predicted molar refractivity (Wildman–Crippen MR) is 36.3 cm³/mol. The molecule has 2 heteroatoms. The summed E-state index contributed by atoms with van der Waals surface area (Å²) >= 11 is 2.10. The highest BCUT2D eigenvalue weighted by Crippen LogP contribution is 2.12. The molecule has 0 radical (unpaired) electrons. The lowest BCUT2D eigenvalue weighted by atomic mass is 10.5. The van der Waals surface area contributed by atoms with Crippen LogP contribution in [0.25, 0.3) is 0 Å². The Labute approximate surface area is 55.2 Å². The monoisotopic (exact) mass is 206 g/mol. The van der Waals surface area contributed by atoms with E-state index < -0.39 is 0 Å². The molecule has 0 saturated carbocycles. The van der Waals surface area contributed by atoms with E-state index in [1.54, 1.807) is 18.2 Å². The Morgan fingerprint density at radius 1 is 1.43 bits per heavy atom. The number of carbonyl (C=O) groups is 1. The SMILES string of the molecule is O=C1C=CC(I)=C1. The smallest absolute Gasteiger partial charge is 0.179 e. The molecule has 0 unspecified atom stereocenters. The van der Waals surface area contributed by atoms with Gasteiger partial charge in [-0.3, -0.25) is 4.79 Å². The maximum atomic E-state index is 10.3. The molecule has 1 rings (SSSR count). The van der Waals surface area contributed by atoms with Crippen molar-refractivity contribution < 1.29 is 4.79 Å². The van der Waals surface area contributed by atoms with Crippen LogP contribution in [0, 0.1) is 0 Å². The molecule has 0 heterocycles. The van der Waals surface area contributed by atoms with Gasteiger partial charge in [-0.15, -0.1) is 0 Å². The van der Waals surface area contributed by atoms with Crippen LogP contribution in [0.5, 0.6) is 0 Å². The lowest BCUT2D eigenvalue weighted by molar-refractivity contribution is -0.110. The second kappa shape index (κ2) is 1.78. The lowest BCUT2D eigenvalue weighted by Crippen LogP contribution is -1.75. The summed E-state index contributed by atoms with van der Waals surface area (Å²) in [6.07, 6.45) is 4.95. The van der Waals surface area contributed by atoms with Crippen molar-refractivity contribution in [1.29, 1.82) is 0 Å². The summed E-state index contributed by atoms with van der Waals surface area (Å²) in [5, 5.41) is 0. The molecule has 0 atom stereocenters. The standard InChI is InChI=1S/C5H3IO/c6-4-1-2-5(7)3-4/h1-3H. The summed E-state index contributed by atoms with van der Waals surface area (Å²) in [6, 6.07) is 0. The fraction of sp³-hybridized carbons (Fsp3) is 0. The number of rotatable bonds is 0. The van der Waals surface area contributed by atoms with Crippen molar-refractivity contribution in [3.05, 3.63) is 21.8 Å². The number of halogens is 1. The van der Waals surface area contributed by atoms with E-state index in [1.807, 2.05) is 0 Å². The van der Waals surface area contributed by atoms with Gasteiger partial charge in [0.1, 0.15) is 0 Å². The van der Waals surface area contributed by atoms with Crippen LogP contribution < -0.4 is 0 Å². The largest absolute Gasteiger partial charge is 0.290 e. The Morgan fingerprint density at radius 2 is 2.14 bits per heavy atom.